The molecule has 0 amide bonds. The third kappa shape index (κ3) is 28.5. The topological polar surface area (TPSA) is 232 Å². The molecule has 0 bridgehead atoms. The molecule has 1 fully saturated rings. The molecule has 1 saturated carbocycles. The SMILES string of the molecule is CCCCC/C=C\C/C=C\C/C=C\CCCCC(=O)OC[C@H](COP(=O)(O)OC[C@H](N)C(=O)O)OC(=O)CCCCCC[C@@H]1[C@@H](/C=C/[C@@H](O)CCCCC)[C@H](O)C[C@@H]1O. The Morgan fingerprint density at radius 3 is 1.98 bits per heavy atom. The Hall–Kier alpha value is -2.68. The van der Waals surface area contributed by atoms with E-state index in [1.807, 2.05) is 6.08 Å². The van der Waals surface area contributed by atoms with E-state index in [1.54, 1.807) is 6.08 Å². The highest BCUT2D eigenvalue weighted by molar-refractivity contribution is 7.47. The molecular formula is C44H76NO13P. The van der Waals surface area contributed by atoms with Gasteiger partial charge in [0.25, 0.3) is 0 Å². The van der Waals surface area contributed by atoms with Crippen molar-refractivity contribution in [1.29, 1.82) is 0 Å². The number of unbranched alkanes of at least 4 members (excludes halogenated alkanes) is 10. The fraction of sp³-hybridized carbons (Fsp3) is 0.750. The minimum atomic E-state index is -4.79. The first-order chi connectivity index (χ1) is 28.3. The number of ether oxygens (including phenoxy) is 2. The lowest BCUT2D eigenvalue weighted by Gasteiger charge is -2.21. The fourth-order valence-electron chi connectivity index (χ4n) is 6.64. The zero-order valence-electron chi connectivity index (χ0n) is 35.7. The van der Waals surface area contributed by atoms with Crippen LogP contribution in [0.4, 0.5) is 0 Å². The molecule has 1 aliphatic carbocycles. The van der Waals surface area contributed by atoms with E-state index in [1.165, 1.54) is 19.3 Å². The number of allylic oxidation sites excluding steroid dienone is 6. The van der Waals surface area contributed by atoms with E-state index in [0.29, 0.717) is 38.5 Å². The number of hydrogen-bond donors (Lipinski definition) is 6. The summed E-state index contributed by atoms with van der Waals surface area (Å²) >= 11 is 0. The van der Waals surface area contributed by atoms with Crippen molar-refractivity contribution >= 4 is 25.7 Å². The van der Waals surface area contributed by atoms with E-state index < -0.39 is 76.0 Å². The zero-order valence-corrected chi connectivity index (χ0v) is 36.6. The Kier molecular flexibility index (Phi) is 31.3. The average molecular weight is 858 g/mol. The first-order valence-electron chi connectivity index (χ1n) is 21.9. The number of phosphoric ester groups is 1. The van der Waals surface area contributed by atoms with Gasteiger partial charge in [-0.25, -0.2) is 4.57 Å². The molecule has 0 spiro atoms. The number of carboxylic acid groups (broad SMARTS) is 1. The Labute approximate surface area is 352 Å². The third-order valence-electron chi connectivity index (χ3n) is 10.1. The van der Waals surface area contributed by atoms with Gasteiger partial charge in [0, 0.05) is 25.2 Å². The summed E-state index contributed by atoms with van der Waals surface area (Å²) in [5.41, 5.74) is 5.33. The van der Waals surface area contributed by atoms with Crippen LogP contribution in [0.15, 0.2) is 48.6 Å². The van der Waals surface area contributed by atoms with Gasteiger partial charge in [0.15, 0.2) is 6.10 Å². The van der Waals surface area contributed by atoms with Crippen LogP contribution in [-0.4, -0.2) is 93.5 Å². The molecule has 0 aromatic heterocycles. The van der Waals surface area contributed by atoms with E-state index in [9.17, 15) is 39.2 Å². The van der Waals surface area contributed by atoms with Gasteiger partial charge in [0.1, 0.15) is 12.6 Å². The van der Waals surface area contributed by atoms with Crippen LogP contribution in [0.25, 0.3) is 0 Å². The van der Waals surface area contributed by atoms with Crippen LogP contribution < -0.4 is 5.73 Å². The molecule has 1 unspecified atom stereocenters. The highest BCUT2D eigenvalue weighted by atomic mass is 31.2. The summed E-state index contributed by atoms with van der Waals surface area (Å²) in [6.45, 7) is 2.41. The molecular weight excluding hydrogens is 781 g/mol. The van der Waals surface area contributed by atoms with Gasteiger partial charge in [0.2, 0.25) is 0 Å². The van der Waals surface area contributed by atoms with Crippen LogP contribution in [0, 0.1) is 11.8 Å². The number of aliphatic hydroxyl groups is 3. The number of aliphatic carboxylic acids is 1. The lowest BCUT2D eigenvalue weighted by atomic mass is 9.88. The second-order valence-corrected chi connectivity index (χ2v) is 16.9. The maximum absolute atomic E-state index is 12.7. The Morgan fingerprint density at radius 1 is 0.746 bits per heavy atom. The quantitative estimate of drug-likeness (QED) is 0.0153. The lowest BCUT2D eigenvalue weighted by Crippen LogP contribution is -2.34. The highest BCUT2D eigenvalue weighted by Gasteiger charge is 2.39. The summed E-state index contributed by atoms with van der Waals surface area (Å²) < 4.78 is 32.7. The average Bonchev–Trinajstić information content (AvgIpc) is 3.47. The maximum atomic E-state index is 12.7. The molecule has 0 saturated heterocycles. The maximum Gasteiger partial charge on any atom is 0.472 e. The molecule has 0 aromatic rings. The van der Waals surface area contributed by atoms with Crippen LogP contribution in [0.3, 0.4) is 0 Å². The van der Waals surface area contributed by atoms with E-state index in [4.69, 9.17) is 24.8 Å². The minimum Gasteiger partial charge on any atom is -0.480 e. The van der Waals surface area contributed by atoms with E-state index in [0.717, 1.165) is 64.2 Å². The Morgan fingerprint density at radius 2 is 1.32 bits per heavy atom. The number of nitrogens with two attached hydrogens (primary N) is 1. The van der Waals surface area contributed by atoms with Gasteiger partial charge in [0.05, 0.1) is 31.5 Å². The van der Waals surface area contributed by atoms with Crippen LogP contribution in [-0.2, 0) is 37.5 Å². The van der Waals surface area contributed by atoms with Crippen LogP contribution in [0.2, 0.25) is 0 Å². The number of esters is 2. The molecule has 59 heavy (non-hydrogen) atoms. The molecule has 14 nitrogen and oxygen atoms in total. The first kappa shape index (κ1) is 54.3. The Bertz CT molecular complexity index is 1310. The van der Waals surface area contributed by atoms with Crippen molar-refractivity contribution in [3.8, 4) is 0 Å². The standard InChI is InChI=1S/C44H76NO13P/c1-3-5-7-8-9-10-11-12-13-14-15-16-17-18-23-27-42(49)55-32-36(33-56-59(53,54)57-34-39(45)44(51)52)58-43(50)28-24-20-19-22-26-37-38(41(48)31-40(37)47)30-29-35(46)25-21-6-4-2/h9-10,12-13,15-16,29-30,35-41,46-48H,3-8,11,14,17-28,31-34,45H2,1-2H3,(H,51,52)(H,53,54)/b10-9-,13-12-,16-15-,30-29+/t35-,36+,37+,38+,39-,40-,41+/m0/s1. The summed E-state index contributed by atoms with van der Waals surface area (Å²) in [7, 11) is -4.79. The molecule has 0 heterocycles. The largest absolute Gasteiger partial charge is 0.480 e. The normalized spacial score (nSPS) is 21.1. The molecule has 0 aliphatic heterocycles. The number of carbonyl (C=O) groups excluding carboxylic acids is 2. The number of carbonyl (C=O) groups is 3. The predicted octanol–water partition coefficient (Wildman–Crippen LogP) is 7.77. The van der Waals surface area contributed by atoms with Crippen LogP contribution in [0.5, 0.6) is 0 Å². The van der Waals surface area contributed by atoms with Crippen LogP contribution in [0.1, 0.15) is 149 Å². The van der Waals surface area contributed by atoms with Gasteiger partial charge in [-0.2, -0.15) is 0 Å². The number of phosphoric acid groups is 1. The van der Waals surface area contributed by atoms with E-state index in [2.05, 4.69) is 54.8 Å². The summed E-state index contributed by atoms with van der Waals surface area (Å²) in [6, 6.07) is -1.56. The molecule has 1 rings (SSSR count). The second kappa shape index (κ2) is 34.0. The van der Waals surface area contributed by atoms with Crippen molar-refractivity contribution in [3.05, 3.63) is 48.6 Å². The Balaban J connectivity index is 2.52. The van der Waals surface area contributed by atoms with Gasteiger partial charge in [-0.05, 0) is 70.1 Å². The van der Waals surface area contributed by atoms with Gasteiger partial charge in [-0.1, -0.05) is 114 Å². The van der Waals surface area contributed by atoms with Crippen LogP contribution >= 0.6 is 7.82 Å². The molecule has 15 heteroatoms. The summed E-state index contributed by atoms with van der Waals surface area (Å²) in [5.74, 6) is -2.97. The number of hydrogen-bond acceptors (Lipinski definition) is 12. The summed E-state index contributed by atoms with van der Waals surface area (Å²) in [5, 5.41) is 40.3. The van der Waals surface area contributed by atoms with Gasteiger partial charge >= 0.3 is 25.7 Å². The number of carboxylic acids is 1. The second-order valence-electron chi connectivity index (χ2n) is 15.4. The first-order valence-corrected chi connectivity index (χ1v) is 23.4. The highest BCUT2D eigenvalue weighted by Crippen LogP contribution is 2.43. The van der Waals surface area contributed by atoms with Crippen molar-refractivity contribution in [3.63, 3.8) is 0 Å². The minimum absolute atomic E-state index is 0.0245. The third-order valence-corrected chi connectivity index (χ3v) is 11.1. The van der Waals surface area contributed by atoms with E-state index in [-0.39, 0.29) is 24.7 Å². The van der Waals surface area contributed by atoms with Crippen molar-refractivity contribution in [1.82, 2.24) is 0 Å². The van der Waals surface area contributed by atoms with Crippen molar-refractivity contribution in [2.24, 2.45) is 17.6 Å². The van der Waals surface area contributed by atoms with Crippen molar-refractivity contribution in [2.45, 2.75) is 179 Å². The summed E-state index contributed by atoms with van der Waals surface area (Å²) in [4.78, 5) is 46.2. The molecule has 0 aromatic carbocycles. The fourth-order valence-corrected chi connectivity index (χ4v) is 7.42. The molecule has 0 radical (unpaired) electrons. The lowest BCUT2D eigenvalue weighted by molar-refractivity contribution is -0.161. The van der Waals surface area contributed by atoms with Crippen molar-refractivity contribution < 1.29 is 62.8 Å². The number of aliphatic hydroxyl groups excluding tert-OH is 3. The monoisotopic (exact) mass is 858 g/mol. The van der Waals surface area contributed by atoms with E-state index >= 15 is 0 Å². The molecule has 340 valence electrons. The predicted molar refractivity (Wildman–Crippen MR) is 228 cm³/mol. The molecule has 8 atom stereocenters. The van der Waals surface area contributed by atoms with Crippen molar-refractivity contribution in [2.75, 3.05) is 19.8 Å². The molecule has 7 N–H and O–H groups in total. The summed E-state index contributed by atoms with van der Waals surface area (Å²) in [6.07, 6.45) is 29.6. The number of rotatable bonds is 36. The smallest absolute Gasteiger partial charge is 0.472 e. The van der Waals surface area contributed by atoms with Gasteiger partial charge in [-0.15, -0.1) is 0 Å². The van der Waals surface area contributed by atoms with Gasteiger partial charge < -0.3 is 40.5 Å². The zero-order chi connectivity index (χ0) is 43.7. The van der Waals surface area contributed by atoms with Gasteiger partial charge in [-0.3, -0.25) is 23.4 Å². The molecule has 1 aliphatic rings.